The molecule has 98 valence electrons. The van der Waals surface area contributed by atoms with Gasteiger partial charge in [0, 0.05) is 12.7 Å². The fourth-order valence-electron chi connectivity index (χ4n) is 2.11. The number of pyridine rings is 1. The summed E-state index contributed by atoms with van der Waals surface area (Å²) in [7, 11) is 0. The van der Waals surface area contributed by atoms with Gasteiger partial charge >= 0.3 is 0 Å². The largest absolute Gasteiger partial charge is 0.354 e. The van der Waals surface area contributed by atoms with E-state index in [1.165, 1.54) is 6.33 Å². The van der Waals surface area contributed by atoms with Crippen molar-refractivity contribution in [2.24, 2.45) is 0 Å². The van der Waals surface area contributed by atoms with Crippen LogP contribution in [0.3, 0.4) is 0 Å². The van der Waals surface area contributed by atoms with E-state index in [4.69, 9.17) is 0 Å². The molecule has 3 heterocycles. The predicted octanol–water partition coefficient (Wildman–Crippen LogP) is -0.262. The van der Waals surface area contributed by atoms with Gasteiger partial charge in [-0.1, -0.05) is 0 Å². The number of nitrogens with one attached hydrogen (secondary N) is 2. The Balaban J connectivity index is 1.77. The SMILES string of the molecule is O=C(NC1CCCNC1=O)c1ccc2nncn2c1. The lowest BCUT2D eigenvalue weighted by molar-refractivity contribution is -0.124. The predicted molar refractivity (Wildman–Crippen MR) is 66.5 cm³/mol. The van der Waals surface area contributed by atoms with Crippen molar-refractivity contribution in [1.29, 1.82) is 0 Å². The van der Waals surface area contributed by atoms with Crippen LogP contribution in [0.15, 0.2) is 24.7 Å². The average Bonchev–Trinajstić information content (AvgIpc) is 2.88. The van der Waals surface area contributed by atoms with E-state index in [0.29, 0.717) is 24.2 Å². The molecule has 1 aliphatic heterocycles. The second-order valence-corrected chi connectivity index (χ2v) is 4.47. The molecule has 1 unspecified atom stereocenters. The number of amides is 2. The molecule has 0 aliphatic carbocycles. The molecule has 1 saturated heterocycles. The van der Waals surface area contributed by atoms with Crippen LogP contribution < -0.4 is 10.6 Å². The molecule has 0 saturated carbocycles. The quantitative estimate of drug-likeness (QED) is 0.777. The molecule has 3 rings (SSSR count). The van der Waals surface area contributed by atoms with E-state index < -0.39 is 6.04 Å². The van der Waals surface area contributed by atoms with Gasteiger partial charge in [0.2, 0.25) is 5.91 Å². The van der Waals surface area contributed by atoms with Crippen LogP contribution in [0.5, 0.6) is 0 Å². The van der Waals surface area contributed by atoms with E-state index in [-0.39, 0.29) is 11.8 Å². The van der Waals surface area contributed by atoms with Gasteiger partial charge in [0.15, 0.2) is 5.65 Å². The van der Waals surface area contributed by atoms with Crippen LogP contribution in [0.1, 0.15) is 23.2 Å². The molecule has 1 fully saturated rings. The van der Waals surface area contributed by atoms with Crippen LogP contribution in [0, 0.1) is 0 Å². The maximum absolute atomic E-state index is 12.1. The normalized spacial score (nSPS) is 19.2. The number of rotatable bonds is 2. The Hall–Kier alpha value is -2.44. The van der Waals surface area contributed by atoms with Crippen molar-refractivity contribution in [3.05, 3.63) is 30.2 Å². The minimum absolute atomic E-state index is 0.120. The first kappa shape index (κ1) is 11.6. The Morgan fingerprint density at radius 3 is 3.21 bits per heavy atom. The number of carbonyl (C=O) groups excluding carboxylic acids is 2. The number of carbonyl (C=O) groups is 2. The van der Waals surface area contributed by atoms with Gasteiger partial charge in [0.1, 0.15) is 12.4 Å². The fraction of sp³-hybridized carbons (Fsp3) is 0.333. The van der Waals surface area contributed by atoms with Gasteiger partial charge in [0.05, 0.1) is 5.56 Å². The molecule has 2 amide bonds. The van der Waals surface area contributed by atoms with E-state index >= 15 is 0 Å². The number of piperidine rings is 1. The summed E-state index contributed by atoms with van der Waals surface area (Å²) in [6.45, 7) is 0.678. The van der Waals surface area contributed by atoms with Crippen LogP contribution in [-0.4, -0.2) is 39.0 Å². The summed E-state index contributed by atoms with van der Waals surface area (Å²) in [4.78, 5) is 23.7. The lowest BCUT2D eigenvalue weighted by Crippen LogP contribution is -2.50. The monoisotopic (exact) mass is 259 g/mol. The highest BCUT2D eigenvalue weighted by Crippen LogP contribution is 2.07. The molecular weight excluding hydrogens is 246 g/mol. The van der Waals surface area contributed by atoms with E-state index in [9.17, 15) is 9.59 Å². The Morgan fingerprint density at radius 1 is 1.47 bits per heavy atom. The Kier molecular flexibility index (Phi) is 2.86. The topological polar surface area (TPSA) is 88.4 Å². The number of aromatic nitrogens is 3. The molecule has 0 aromatic carbocycles. The average molecular weight is 259 g/mol. The maximum Gasteiger partial charge on any atom is 0.253 e. The summed E-state index contributed by atoms with van der Waals surface area (Å²) in [5.41, 5.74) is 1.15. The molecule has 1 aliphatic rings. The maximum atomic E-state index is 12.1. The summed E-state index contributed by atoms with van der Waals surface area (Å²) in [5.74, 6) is -0.386. The molecule has 2 aromatic heterocycles. The molecule has 0 spiro atoms. The summed E-state index contributed by atoms with van der Waals surface area (Å²) in [6, 6.07) is 2.93. The van der Waals surface area contributed by atoms with Crippen LogP contribution in [0.25, 0.3) is 5.65 Å². The molecule has 2 aromatic rings. The second-order valence-electron chi connectivity index (χ2n) is 4.47. The van der Waals surface area contributed by atoms with Crippen molar-refractivity contribution in [3.8, 4) is 0 Å². The summed E-state index contributed by atoms with van der Waals surface area (Å²) in [5, 5.41) is 13.1. The third kappa shape index (κ3) is 2.26. The third-order valence-electron chi connectivity index (χ3n) is 3.14. The first-order valence-corrected chi connectivity index (χ1v) is 6.12. The Morgan fingerprint density at radius 2 is 2.37 bits per heavy atom. The molecule has 7 heteroatoms. The van der Waals surface area contributed by atoms with Crippen molar-refractivity contribution in [2.75, 3.05) is 6.54 Å². The fourth-order valence-corrected chi connectivity index (χ4v) is 2.11. The minimum atomic E-state index is -0.446. The van der Waals surface area contributed by atoms with Gasteiger partial charge < -0.3 is 10.6 Å². The highest BCUT2D eigenvalue weighted by molar-refractivity contribution is 5.97. The van der Waals surface area contributed by atoms with E-state index in [1.807, 2.05) is 0 Å². The highest BCUT2D eigenvalue weighted by atomic mass is 16.2. The Bertz CT molecular complexity index is 636. The van der Waals surface area contributed by atoms with Gasteiger partial charge in [0.25, 0.3) is 5.91 Å². The van der Waals surface area contributed by atoms with Crippen LogP contribution >= 0.6 is 0 Å². The second kappa shape index (κ2) is 4.68. The molecule has 2 N–H and O–H groups in total. The van der Waals surface area contributed by atoms with Crippen molar-refractivity contribution >= 4 is 17.5 Å². The van der Waals surface area contributed by atoms with E-state index in [2.05, 4.69) is 20.8 Å². The van der Waals surface area contributed by atoms with Gasteiger partial charge in [-0.25, -0.2) is 0 Å². The number of hydrogen-bond acceptors (Lipinski definition) is 4. The van der Waals surface area contributed by atoms with Crippen molar-refractivity contribution < 1.29 is 9.59 Å². The Labute approximate surface area is 109 Å². The summed E-state index contributed by atoms with van der Waals surface area (Å²) in [6.07, 6.45) is 4.72. The molecule has 0 radical (unpaired) electrons. The summed E-state index contributed by atoms with van der Waals surface area (Å²) < 4.78 is 1.66. The number of fused-ring (bicyclic) bond motifs is 1. The lowest BCUT2D eigenvalue weighted by atomic mass is 10.1. The third-order valence-corrected chi connectivity index (χ3v) is 3.14. The van der Waals surface area contributed by atoms with Crippen molar-refractivity contribution in [3.63, 3.8) is 0 Å². The highest BCUT2D eigenvalue weighted by Gasteiger charge is 2.24. The molecule has 19 heavy (non-hydrogen) atoms. The first-order valence-electron chi connectivity index (χ1n) is 6.12. The van der Waals surface area contributed by atoms with Gasteiger partial charge in [-0.05, 0) is 25.0 Å². The molecule has 1 atom stereocenters. The summed E-state index contributed by atoms with van der Waals surface area (Å²) >= 11 is 0. The van der Waals surface area contributed by atoms with Crippen molar-refractivity contribution in [2.45, 2.75) is 18.9 Å². The van der Waals surface area contributed by atoms with E-state index in [1.54, 1.807) is 22.7 Å². The van der Waals surface area contributed by atoms with Crippen molar-refractivity contribution in [1.82, 2.24) is 25.2 Å². The zero-order valence-electron chi connectivity index (χ0n) is 10.2. The lowest BCUT2D eigenvalue weighted by Gasteiger charge is -2.22. The van der Waals surface area contributed by atoms with Gasteiger partial charge in [-0.3, -0.25) is 14.0 Å². The number of hydrogen-bond donors (Lipinski definition) is 2. The zero-order chi connectivity index (χ0) is 13.2. The molecular formula is C12H13N5O2. The van der Waals surface area contributed by atoms with Gasteiger partial charge in [-0.2, -0.15) is 0 Å². The van der Waals surface area contributed by atoms with E-state index in [0.717, 1.165) is 6.42 Å². The first-order chi connectivity index (χ1) is 9.24. The van der Waals surface area contributed by atoms with Crippen LogP contribution in [-0.2, 0) is 4.79 Å². The van der Waals surface area contributed by atoms with Crippen LogP contribution in [0.2, 0.25) is 0 Å². The van der Waals surface area contributed by atoms with Gasteiger partial charge in [-0.15, -0.1) is 10.2 Å². The number of nitrogens with zero attached hydrogens (tertiary/aromatic N) is 3. The standard InChI is InChI=1S/C12H13N5O2/c18-11(15-9-2-1-5-13-12(9)19)8-3-4-10-16-14-7-17(10)6-8/h3-4,6-7,9H,1-2,5H2,(H,13,19)(H,15,18). The zero-order valence-corrected chi connectivity index (χ0v) is 10.2. The smallest absolute Gasteiger partial charge is 0.253 e. The van der Waals surface area contributed by atoms with Crippen LogP contribution in [0.4, 0.5) is 0 Å². The minimum Gasteiger partial charge on any atom is -0.354 e. The molecule has 0 bridgehead atoms. The molecule has 7 nitrogen and oxygen atoms in total.